The zero-order chi connectivity index (χ0) is 43.9. The van der Waals surface area contributed by atoms with Gasteiger partial charge in [-0.15, -0.1) is 0 Å². The van der Waals surface area contributed by atoms with Crippen LogP contribution in [0.2, 0.25) is 0 Å². The highest BCUT2D eigenvalue weighted by molar-refractivity contribution is 5.88. The first-order valence-corrected chi connectivity index (χ1v) is 18.3. The Morgan fingerprint density at radius 1 is 0.667 bits per heavy atom. The van der Waals surface area contributed by atoms with Gasteiger partial charge in [-0.1, -0.05) is 12.1 Å². The molecule has 14 atom stereocenters. The second kappa shape index (κ2) is 20.4. The lowest BCUT2D eigenvalue weighted by Crippen LogP contribution is -2.63. The van der Waals surface area contributed by atoms with Crippen molar-refractivity contribution in [2.75, 3.05) is 40.6 Å². The molecule has 3 aliphatic rings. The topological polar surface area (TPSA) is 340 Å². The summed E-state index contributed by atoms with van der Waals surface area (Å²) >= 11 is 0. The molecule has 0 radical (unpaired) electrons. The quantitative estimate of drug-likeness (QED) is 0.0567. The molecular weight excluding hydrogens is 808 g/mol. The number of aromatic hydroxyl groups is 1. The molecule has 0 amide bonds. The fourth-order valence-corrected chi connectivity index (χ4v) is 6.44. The third-order valence-electron chi connectivity index (χ3n) is 9.80. The molecule has 3 aliphatic heterocycles. The third-order valence-corrected chi connectivity index (χ3v) is 9.80. The Morgan fingerprint density at radius 2 is 1.23 bits per heavy atom. The van der Waals surface area contributed by atoms with Gasteiger partial charge in [0.1, 0.15) is 74.3 Å². The maximum atomic E-state index is 12.9. The van der Waals surface area contributed by atoms with Crippen LogP contribution in [-0.2, 0) is 38.0 Å². The number of ether oxygens (including phenoxy) is 9. The summed E-state index contributed by atoms with van der Waals surface area (Å²) in [7, 11) is 2.62. The Morgan fingerprint density at radius 3 is 1.85 bits per heavy atom. The number of esters is 2. The molecule has 0 bridgehead atoms. The third kappa shape index (κ3) is 10.3. The number of rotatable bonds is 16. The van der Waals surface area contributed by atoms with Crippen LogP contribution in [0.15, 0.2) is 48.6 Å². The lowest BCUT2D eigenvalue weighted by atomic mass is 9.98. The van der Waals surface area contributed by atoms with E-state index in [2.05, 4.69) is 0 Å². The molecule has 22 nitrogen and oxygen atoms in total. The zero-order valence-electron chi connectivity index (χ0n) is 32.0. The van der Waals surface area contributed by atoms with Gasteiger partial charge < -0.3 is 98.8 Å². The number of benzene rings is 2. The van der Waals surface area contributed by atoms with Crippen LogP contribution in [0, 0.1) is 0 Å². The van der Waals surface area contributed by atoms with Gasteiger partial charge in [0.25, 0.3) is 0 Å². The predicted octanol–water partition coefficient (Wildman–Crippen LogP) is -3.97. The van der Waals surface area contributed by atoms with Gasteiger partial charge in [0, 0.05) is 12.2 Å². The number of carbonyl (C=O) groups is 2. The number of phenolic OH excluding ortho intramolecular Hbond substituents is 1. The molecule has 11 N–H and O–H groups in total. The Hall–Kier alpha value is -4.50. The molecule has 0 unspecified atom stereocenters. The van der Waals surface area contributed by atoms with Crippen LogP contribution in [-0.4, -0.2) is 194 Å². The van der Waals surface area contributed by atoms with E-state index in [0.29, 0.717) is 11.1 Å². The largest absolute Gasteiger partial charge is 0.504 e. The summed E-state index contributed by atoms with van der Waals surface area (Å²) in [6.45, 7) is -3.42. The zero-order valence-corrected chi connectivity index (χ0v) is 32.0. The molecule has 0 aliphatic carbocycles. The Bertz CT molecular complexity index is 1820. The first-order chi connectivity index (χ1) is 28.6. The van der Waals surface area contributed by atoms with E-state index < -0.39 is 124 Å². The standard InChI is InChI=1S/C38H48O22/c1-52-21-11-17(3-7-19(21)42)6-10-27(44)58-35-30(47)24(14-40)59-38(35,16-41)60-37-34(51)32(49)29(46)25(57-37)15-54-26(43)9-5-18-4-8-20(22(12-18)53-2)55-36-33(50)31(48)28(45)23(13-39)56-36/h3-12,23-25,28-37,39-42,45-51H,13-16H2,1-2H3/b9-5+,10-6+/t23-,24-,25-,28-,29-,30-,31+,32+,33-,34-,35+,36-,37-,38+/m1/s1. The van der Waals surface area contributed by atoms with E-state index in [-0.39, 0.29) is 23.0 Å². The van der Waals surface area contributed by atoms with Crippen LogP contribution in [0.25, 0.3) is 12.2 Å². The van der Waals surface area contributed by atoms with Crippen molar-refractivity contribution in [2.45, 2.75) is 85.5 Å². The number of hydrogen-bond donors (Lipinski definition) is 11. The predicted molar refractivity (Wildman–Crippen MR) is 197 cm³/mol. The minimum absolute atomic E-state index is 0.0307. The van der Waals surface area contributed by atoms with Gasteiger partial charge >= 0.3 is 11.9 Å². The van der Waals surface area contributed by atoms with Crippen LogP contribution < -0.4 is 14.2 Å². The van der Waals surface area contributed by atoms with E-state index in [9.17, 15) is 65.8 Å². The van der Waals surface area contributed by atoms with E-state index in [4.69, 9.17) is 42.6 Å². The summed E-state index contributed by atoms with van der Waals surface area (Å²) in [6, 6.07) is 8.45. The van der Waals surface area contributed by atoms with Gasteiger partial charge in [-0.3, -0.25) is 0 Å². The summed E-state index contributed by atoms with van der Waals surface area (Å²) < 4.78 is 48.8. The molecule has 2 aromatic rings. The highest BCUT2D eigenvalue weighted by Gasteiger charge is 2.61. The molecule has 0 spiro atoms. The number of phenols is 1. The smallest absolute Gasteiger partial charge is 0.331 e. The molecule has 332 valence electrons. The monoisotopic (exact) mass is 856 g/mol. The van der Waals surface area contributed by atoms with Gasteiger partial charge in [0.2, 0.25) is 12.1 Å². The Balaban J connectivity index is 1.22. The SMILES string of the molecule is COc1cc(/C=C/C(=O)O[C@H]2[C@H](O)[C@@H](CO)O[C@@]2(CO)O[C@H]2O[C@H](COC(=O)/C=C/c3ccc(O[C@@H]4O[C@H](CO)[C@@H](O)[C@H](O)[C@H]4O)c(OC)c3)[C@@H](O)[C@H](O)[C@H]2O)ccc1O. The molecule has 22 heteroatoms. The molecule has 3 fully saturated rings. The van der Waals surface area contributed by atoms with Crippen molar-refractivity contribution < 1.29 is 108 Å². The van der Waals surface area contributed by atoms with E-state index in [1.807, 2.05) is 0 Å². The van der Waals surface area contributed by atoms with Crippen molar-refractivity contribution in [3.05, 3.63) is 59.7 Å². The number of aliphatic hydroxyl groups is 10. The van der Waals surface area contributed by atoms with Crippen molar-refractivity contribution in [3.8, 4) is 23.0 Å². The van der Waals surface area contributed by atoms with Crippen molar-refractivity contribution in [1.29, 1.82) is 0 Å². The average Bonchev–Trinajstić information content (AvgIpc) is 3.51. The van der Waals surface area contributed by atoms with E-state index in [0.717, 1.165) is 12.2 Å². The fraction of sp³-hybridized carbons (Fsp3) is 0.526. The van der Waals surface area contributed by atoms with Gasteiger partial charge in [0.05, 0.1) is 27.4 Å². The van der Waals surface area contributed by atoms with Crippen molar-refractivity contribution >= 4 is 24.1 Å². The first-order valence-electron chi connectivity index (χ1n) is 18.3. The summed E-state index contributed by atoms with van der Waals surface area (Å²) in [5.41, 5.74) is 0.764. The second-order valence-electron chi connectivity index (χ2n) is 13.7. The van der Waals surface area contributed by atoms with Gasteiger partial charge in [0.15, 0.2) is 35.4 Å². The normalized spacial score (nSPS) is 34.4. The summed E-state index contributed by atoms with van der Waals surface area (Å²) in [6.07, 6.45) is -17.8. The molecule has 2 aromatic carbocycles. The molecule has 3 heterocycles. The van der Waals surface area contributed by atoms with Crippen LogP contribution in [0.4, 0.5) is 0 Å². The molecule has 5 rings (SSSR count). The highest BCUT2D eigenvalue weighted by Crippen LogP contribution is 2.38. The second-order valence-corrected chi connectivity index (χ2v) is 13.7. The molecule has 0 aromatic heterocycles. The summed E-state index contributed by atoms with van der Waals surface area (Å²) in [5.74, 6) is -4.51. The van der Waals surface area contributed by atoms with Crippen LogP contribution in [0.3, 0.4) is 0 Å². The van der Waals surface area contributed by atoms with Crippen LogP contribution in [0.5, 0.6) is 23.0 Å². The van der Waals surface area contributed by atoms with E-state index in [1.165, 1.54) is 62.8 Å². The number of carbonyl (C=O) groups excluding carboxylic acids is 2. The number of aliphatic hydroxyl groups excluding tert-OH is 10. The molecular formula is C38H48O22. The average molecular weight is 857 g/mol. The molecule has 3 saturated heterocycles. The highest BCUT2D eigenvalue weighted by atomic mass is 16.8. The van der Waals surface area contributed by atoms with Crippen LogP contribution in [0.1, 0.15) is 11.1 Å². The molecule has 0 saturated carbocycles. The van der Waals surface area contributed by atoms with Gasteiger partial charge in [-0.25, -0.2) is 9.59 Å². The fourth-order valence-electron chi connectivity index (χ4n) is 6.44. The minimum atomic E-state index is -2.52. The number of methoxy groups -OCH3 is 2. The Labute approximate surface area is 341 Å². The maximum Gasteiger partial charge on any atom is 0.331 e. The van der Waals surface area contributed by atoms with Gasteiger partial charge in [-0.2, -0.15) is 0 Å². The number of hydrogen-bond acceptors (Lipinski definition) is 22. The lowest BCUT2D eigenvalue weighted by molar-refractivity contribution is -0.383. The van der Waals surface area contributed by atoms with Crippen molar-refractivity contribution in [2.24, 2.45) is 0 Å². The van der Waals surface area contributed by atoms with Gasteiger partial charge in [-0.05, 0) is 47.5 Å². The minimum Gasteiger partial charge on any atom is -0.504 e. The molecule has 60 heavy (non-hydrogen) atoms. The maximum absolute atomic E-state index is 12.9. The summed E-state index contributed by atoms with van der Waals surface area (Å²) in [5, 5.41) is 113. The van der Waals surface area contributed by atoms with E-state index >= 15 is 0 Å². The van der Waals surface area contributed by atoms with E-state index in [1.54, 1.807) is 0 Å². The first kappa shape index (κ1) is 46.6. The van der Waals surface area contributed by atoms with Crippen molar-refractivity contribution in [3.63, 3.8) is 0 Å². The van der Waals surface area contributed by atoms with Crippen molar-refractivity contribution in [1.82, 2.24) is 0 Å². The summed E-state index contributed by atoms with van der Waals surface area (Å²) in [4.78, 5) is 25.6. The Kier molecular flexibility index (Phi) is 15.8. The lowest BCUT2D eigenvalue weighted by Gasteiger charge is -2.43. The van der Waals surface area contributed by atoms with Crippen LogP contribution >= 0.6 is 0 Å².